The van der Waals surface area contributed by atoms with Crippen molar-refractivity contribution >= 4 is 33.5 Å². The molecule has 2 rings (SSSR count). The van der Waals surface area contributed by atoms with Crippen molar-refractivity contribution in [2.45, 2.75) is 13.8 Å². The number of nitrogens with zero attached hydrogens (tertiary/aromatic N) is 1. The first-order valence-corrected chi connectivity index (χ1v) is 5.40. The molecule has 0 bridgehead atoms. The van der Waals surface area contributed by atoms with Gasteiger partial charge in [0.1, 0.15) is 0 Å². The highest BCUT2D eigenvalue weighted by atomic mass is 127. The minimum absolute atomic E-state index is 1.36. The Balaban J connectivity index is 2.99. The fourth-order valence-corrected chi connectivity index (χ4v) is 2.46. The summed E-state index contributed by atoms with van der Waals surface area (Å²) in [5.41, 5.74) is 4.09. The van der Waals surface area contributed by atoms with Crippen LogP contribution in [0.5, 0.6) is 0 Å². The second-order valence-electron chi connectivity index (χ2n) is 3.51. The van der Waals surface area contributed by atoms with Crippen molar-refractivity contribution < 1.29 is 0 Å². The van der Waals surface area contributed by atoms with E-state index in [1.807, 2.05) is 0 Å². The summed E-state index contributed by atoms with van der Waals surface area (Å²) in [6.07, 6.45) is 2.12. The summed E-state index contributed by atoms with van der Waals surface area (Å²) >= 11 is 2.42. The van der Waals surface area contributed by atoms with Gasteiger partial charge >= 0.3 is 0 Å². The summed E-state index contributed by atoms with van der Waals surface area (Å²) in [7, 11) is 2.10. The smallest absolute Gasteiger partial charge is 0.0518 e. The maximum atomic E-state index is 2.42. The van der Waals surface area contributed by atoms with Gasteiger partial charge in [-0.2, -0.15) is 0 Å². The quantitative estimate of drug-likeness (QED) is 0.654. The Morgan fingerprint density at radius 3 is 2.62 bits per heavy atom. The molecule has 1 aromatic heterocycles. The van der Waals surface area contributed by atoms with E-state index in [9.17, 15) is 0 Å². The normalized spacial score (nSPS) is 11.1. The van der Waals surface area contributed by atoms with E-state index in [1.165, 1.54) is 25.6 Å². The number of fused-ring (bicyclic) bond motifs is 1. The summed E-state index contributed by atoms with van der Waals surface area (Å²) in [6, 6.07) is 4.45. The molecule has 0 saturated heterocycles. The molecule has 0 fully saturated rings. The zero-order valence-corrected chi connectivity index (χ0v) is 10.2. The fourth-order valence-electron chi connectivity index (χ4n) is 1.87. The molecular weight excluding hydrogens is 273 g/mol. The summed E-state index contributed by atoms with van der Waals surface area (Å²) in [6.45, 7) is 4.34. The van der Waals surface area contributed by atoms with E-state index in [2.05, 4.69) is 66.4 Å². The molecular formula is C11H12IN. The molecule has 2 heteroatoms. The number of aromatic nitrogens is 1. The average molecular weight is 285 g/mol. The molecule has 13 heavy (non-hydrogen) atoms. The van der Waals surface area contributed by atoms with Crippen LogP contribution in [0.3, 0.4) is 0 Å². The van der Waals surface area contributed by atoms with Crippen molar-refractivity contribution in [3.05, 3.63) is 33.0 Å². The topological polar surface area (TPSA) is 4.93 Å². The van der Waals surface area contributed by atoms with E-state index < -0.39 is 0 Å². The lowest BCUT2D eigenvalue weighted by Gasteiger charge is -2.05. The van der Waals surface area contributed by atoms with Crippen LogP contribution in [0.2, 0.25) is 0 Å². The monoisotopic (exact) mass is 285 g/mol. The molecule has 0 spiro atoms. The average Bonchev–Trinajstić information content (AvgIpc) is 2.44. The predicted molar refractivity (Wildman–Crippen MR) is 65.1 cm³/mol. The van der Waals surface area contributed by atoms with Gasteiger partial charge in [0.05, 0.1) is 5.52 Å². The first-order valence-electron chi connectivity index (χ1n) is 4.32. The minimum atomic E-state index is 1.36. The van der Waals surface area contributed by atoms with Gasteiger partial charge in [0.2, 0.25) is 0 Å². The lowest BCUT2D eigenvalue weighted by Crippen LogP contribution is -1.90. The molecule has 0 aliphatic heterocycles. The molecule has 0 aliphatic carbocycles. The van der Waals surface area contributed by atoms with E-state index in [4.69, 9.17) is 0 Å². The predicted octanol–water partition coefficient (Wildman–Crippen LogP) is 3.40. The third-order valence-electron chi connectivity index (χ3n) is 2.46. The zero-order chi connectivity index (χ0) is 9.59. The van der Waals surface area contributed by atoms with E-state index in [0.717, 1.165) is 0 Å². The van der Waals surface area contributed by atoms with Gasteiger partial charge in [-0.3, -0.25) is 0 Å². The molecule has 0 aliphatic rings. The minimum Gasteiger partial charge on any atom is -0.350 e. The molecule has 0 atom stereocenters. The summed E-state index contributed by atoms with van der Waals surface area (Å²) in [5, 5.41) is 1.38. The highest BCUT2D eigenvalue weighted by molar-refractivity contribution is 14.1. The van der Waals surface area contributed by atoms with E-state index in [0.29, 0.717) is 0 Å². The Morgan fingerprint density at radius 2 is 1.92 bits per heavy atom. The number of benzene rings is 1. The van der Waals surface area contributed by atoms with Gasteiger partial charge in [0.15, 0.2) is 0 Å². The van der Waals surface area contributed by atoms with Crippen LogP contribution in [0.1, 0.15) is 11.1 Å². The Bertz CT molecular complexity index is 468. The third-order valence-corrected chi connectivity index (χ3v) is 3.89. The van der Waals surface area contributed by atoms with Gasteiger partial charge in [0, 0.05) is 22.2 Å². The number of hydrogen-bond acceptors (Lipinski definition) is 0. The van der Waals surface area contributed by atoms with Crippen LogP contribution in [-0.4, -0.2) is 4.57 Å². The number of aryl methyl sites for hydroxylation is 3. The molecule has 1 heterocycles. The standard InChI is InChI=1S/C11H12IN/c1-7-6-8(2)11-9(10(7)12)4-5-13(11)3/h4-6H,1-3H3. The fraction of sp³-hybridized carbons (Fsp3) is 0.273. The van der Waals surface area contributed by atoms with Crippen molar-refractivity contribution in [1.82, 2.24) is 4.57 Å². The zero-order valence-electron chi connectivity index (χ0n) is 8.06. The van der Waals surface area contributed by atoms with Crippen LogP contribution in [-0.2, 0) is 7.05 Å². The highest BCUT2D eigenvalue weighted by Gasteiger charge is 2.07. The Morgan fingerprint density at radius 1 is 1.23 bits per heavy atom. The van der Waals surface area contributed by atoms with Crippen molar-refractivity contribution in [3.8, 4) is 0 Å². The third kappa shape index (κ3) is 1.27. The van der Waals surface area contributed by atoms with Crippen LogP contribution in [0, 0.1) is 17.4 Å². The second-order valence-corrected chi connectivity index (χ2v) is 4.59. The van der Waals surface area contributed by atoms with Crippen LogP contribution in [0.25, 0.3) is 10.9 Å². The largest absolute Gasteiger partial charge is 0.350 e. The molecule has 1 nitrogen and oxygen atoms in total. The van der Waals surface area contributed by atoms with Gasteiger partial charge in [-0.05, 0) is 53.6 Å². The van der Waals surface area contributed by atoms with E-state index in [1.54, 1.807) is 0 Å². The van der Waals surface area contributed by atoms with Crippen molar-refractivity contribution in [1.29, 1.82) is 0 Å². The van der Waals surface area contributed by atoms with Crippen LogP contribution < -0.4 is 0 Å². The molecule has 68 valence electrons. The van der Waals surface area contributed by atoms with E-state index in [-0.39, 0.29) is 0 Å². The molecule has 0 saturated carbocycles. The van der Waals surface area contributed by atoms with Gasteiger partial charge in [0.25, 0.3) is 0 Å². The Kier molecular flexibility index (Phi) is 2.10. The van der Waals surface area contributed by atoms with Crippen molar-refractivity contribution in [2.24, 2.45) is 7.05 Å². The lowest BCUT2D eigenvalue weighted by atomic mass is 10.1. The molecule has 0 radical (unpaired) electrons. The summed E-state index contributed by atoms with van der Waals surface area (Å²) in [4.78, 5) is 0. The van der Waals surface area contributed by atoms with Gasteiger partial charge < -0.3 is 4.57 Å². The van der Waals surface area contributed by atoms with Crippen LogP contribution in [0.4, 0.5) is 0 Å². The SMILES string of the molecule is Cc1cc(C)c2c(ccn2C)c1I. The summed E-state index contributed by atoms with van der Waals surface area (Å²) < 4.78 is 3.56. The maximum absolute atomic E-state index is 2.42. The first kappa shape index (κ1) is 9.06. The first-order chi connectivity index (χ1) is 6.11. The van der Waals surface area contributed by atoms with E-state index >= 15 is 0 Å². The number of rotatable bonds is 0. The maximum Gasteiger partial charge on any atom is 0.0518 e. The van der Waals surface area contributed by atoms with Crippen molar-refractivity contribution in [2.75, 3.05) is 0 Å². The molecule has 0 N–H and O–H groups in total. The lowest BCUT2D eigenvalue weighted by molar-refractivity contribution is 0.964. The Labute approximate surface area is 91.9 Å². The summed E-state index contributed by atoms with van der Waals surface area (Å²) in [5.74, 6) is 0. The van der Waals surface area contributed by atoms with Gasteiger partial charge in [-0.15, -0.1) is 0 Å². The number of hydrogen-bond donors (Lipinski definition) is 0. The number of halogens is 1. The van der Waals surface area contributed by atoms with Gasteiger partial charge in [-0.25, -0.2) is 0 Å². The molecule has 0 unspecified atom stereocenters. The van der Waals surface area contributed by atoms with Gasteiger partial charge in [-0.1, -0.05) is 6.07 Å². The highest BCUT2D eigenvalue weighted by Crippen LogP contribution is 2.27. The molecule has 0 amide bonds. The van der Waals surface area contributed by atoms with Crippen LogP contribution in [0.15, 0.2) is 18.3 Å². The molecule has 1 aromatic carbocycles. The van der Waals surface area contributed by atoms with Crippen molar-refractivity contribution in [3.63, 3.8) is 0 Å². The Hall–Kier alpha value is -0.510. The second kappa shape index (κ2) is 3.01. The molecule has 2 aromatic rings. The van der Waals surface area contributed by atoms with Crippen LogP contribution >= 0.6 is 22.6 Å².